The summed E-state index contributed by atoms with van der Waals surface area (Å²) in [5, 5.41) is 0.774. The third kappa shape index (κ3) is 4.72. The Balaban J connectivity index is 1.55. The zero-order valence-corrected chi connectivity index (χ0v) is 11.5. The largest absolute Gasteiger partial charge is 0.379 e. The maximum atomic E-state index is 5.82. The second-order valence-electron chi connectivity index (χ2n) is 3.72. The van der Waals surface area contributed by atoms with E-state index in [0.29, 0.717) is 0 Å². The summed E-state index contributed by atoms with van der Waals surface area (Å²) in [4.78, 5) is 5.20. The van der Waals surface area contributed by atoms with Crippen LogP contribution in [0.2, 0.25) is 5.02 Å². The zero-order valence-electron chi connectivity index (χ0n) is 9.96. The number of aromatic nitrogens is 2. The molecule has 0 aliphatic heterocycles. The Hall–Kier alpha value is -0.970. The van der Waals surface area contributed by atoms with E-state index in [1.165, 1.54) is 4.90 Å². The molecule has 0 N–H and O–H groups in total. The minimum Gasteiger partial charge on any atom is -0.379 e. The van der Waals surface area contributed by atoms with Gasteiger partial charge in [-0.2, -0.15) is 0 Å². The number of nitrogens with zero attached hydrogens (tertiary/aromatic N) is 2. The highest BCUT2D eigenvalue weighted by Gasteiger charge is 1.95. The minimum absolute atomic E-state index is 0.720. The fourth-order valence-corrected chi connectivity index (χ4v) is 2.33. The first-order valence-electron chi connectivity index (χ1n) is 5.76. The lowest BCUT2D eigenvalue weighted by atomic mass is 10.4. The van der Waals surface area contributed by atoms with E-state index in [4.69, 9.17) is 16.3 Å². The molecule has 18 heavy (non-hydrogen) atoms. The Morgan fingerprint density at radius 2 is 2.06 bits per heavy atom. The van der Waals surface area contributed by atoms with Gasteiger partial charge in [-0.25, -0.2) is 4.98 Å². The summed E-state index contributed by atoms with van der Waals surface area (Å²) >= 11 is 7.60. The van der Waals surface area contributed by atoms with E-state index in [1.54, 1.807) is 24.3 Å². The maximum absolute atomic E-state index is 5.82. The van der Waals surface area contributed by atoms with Gasteiger partial charge in [-0.3, -0.25) is 0 Å². The average Bonchev–Trinajstić information content (AvgIpc) is 2.89. The number of hydrogen-bond acceptors (Lipinski definition) is 3. The summed E-state index contributed by atoms with van der Waals surface area (Å²) in [5.41, 5.74) is 0. The van der Waals surface area contributed by atoms with Crippen molar-refractivity contribution in [1.82, 2.24) is 9.55 Å². The molecule has 1 aromatic heterocycles. The molecule has 0 spiro atoms. The molecule has 2 rings (SSSR count). The molecule has 0 aliphatic rings. The molecule has 0 atom stereocenters. The topological polar surface area (TPSA) is 27.1 Å². The normalized spacial score (nSPS) is 10.7. The third-order valence-electron chi connectivity index (χ3n) is 2.36. The number of thioether (sulfide) groups is 1. The summed E-state index contributed by atoms with van der Waals surface area (Å²) in [6.07, 6.45) is 5.51. The van der Waals surface area contributed by atoms with Gasteiger partial charge in [0.15, 0.2) is 0 Å². The first kappa shape index (κ1) is 13.5. The lowest BCUT2D eigenvalue weighted by Crippen LogP contribution is -2.06. The summed E-state index contributed by atoms with van der Waals surface area (Å²) in [7, 11) is 0. The van der Waals surface area contributed by atoms with Crippen molar-refractivity contribution in [3.8, 4) is 0 Å². The lowest BCUT2D eigenvalue weighted by molar-refractivity contribution is 0.141. The third-order valence-corrected chi connectivity index (χ3v) is 3.59. The van der Waals surface area contributed by atoms with Crippen LogP contribution in [0.5, 0.6) is 0 Å². The number of ether oxygens (including phenoxy) is 1. The van der Waals surface area contributed by atoms with Gasteiger partial charge >= 0.3 is 0 Å². The van der Waals surface area contributed by atoms with E-state index < -0.39 is 0 Å². The van der Waals surface area contributed by atoms with Crippen molar-refractivity contribution >= 4 is 23.4 Å². The minimum atomic E-state index is 0.720. The Labute approximate surface area is 116 Å². The summed E-state index contributed by atoms with van der Waals surface area (Å²) in [6.45, 7) is 2.32. The van der Waals surface area contributed by atoms with Gasteiger partial charge in [-0.05, 0) is 24.3 Å². The summed E-state index contributed by atoms with van der Waals surface area (Å²) in [5.74, 6) is 0.950. The Kier molecular flexibility index (Phi) is 5.58. The monoisotopic (exact) mass is 282 g/mol. The number of rotatable bonds is 7. The molecule has 0 amide bonds. The molecule has 5 heteroatoms. The van der Waals surface area contributed by atoms with Crippen LogP contribution in [0.25, 0.3) is 0 Å². The van der Waals surface area contributed by atoms with Crippen LogP contribution in [0.1, 0.15) is 0 Å². The zero-order chi connectivity index (χ0) is 12.6. The van der Waals surface area contributed by atoms with E-state index in [0.717, 1.165) is 30.5 Å². The average molecular weight is 283 g/mol. The SMILES string of the molecule is Clc1ccc(SCCOCCn2ccnc2)cc1. The highest BCUT2D eigenvalue weighted by molar-refractivity contribution is 7.99. The fourth-order valence-electron chi connectivity index (χ4n) is 1.44. The van der Waals surface area contributed by atoms with Crippen molar-refractivity contribution in [1.29, 1.82) is 0 Å². The highest BCUT2D eigenvalue weighted by atomic mass is 35.5. The van der Waals surface area contributed by atoms with Crippen LogP contribution in [0.3, 0.4) is 0 Å². The maximum Gasteiger partial charge on any atom is 0.0946 e. The van der Waals surface area contributed by atoms with Gasteiger partial charge < -0.3 is 9.30 Å². The summed E-state index contributed by atoms with van der Waals surface area (Å²) < 4.78 is 7.56. The molecule has 0 saturated carbocycles. The van der Waals surface area contributed by atoms with E-state index in [9.17, 15) is 0 Å². The fraction of sp³-hybridized carbons (Fsp3) is 0.308. The Morgan fingerprint density at radius 1 is 1.22 bits per heavy atom. The predicted octanol–water partition coefficient (Wildman–Crippen LogP) is 3.35. The van der Waals surface area contributed by atoms with E-state index in [1.807, 2.05) is 35.0 Å². The van der Waals surface area contributed by atoms with Gasteiger partial charge in [0.1, 0.15) is 0 Å². The summed E-state index contributed by atoms with van der Waals surface area (Å²) in [6, 6.07) is 7.87. The van der Waals surface area contributed by atoms with Crippen LogP contribution in [-0.4, -0.2) is 28.5 Å². The van der Waals surface area contributed by atoms with E-state index >= 15 is 0 Å². The van der Waals surface area contributed by atoms with Gasteiger partial charge in [0, 0.05) is 34.6 Å². The quantitative estimate of drug-likeness (QED) is 0.576. The van der Waals surface area contributed by atoms with Crippen LogP contribution in [-0.2, 0) is 11.3 Å². The smallest absolute Gasteiger partial charge is 0.0946 e. The first-order valence-corrected chi connectivity index (χ1v) is 7.13. The molecule has 0 fully saturated rings. The van der Waals surface area contributed by atoms with Crippen molar-refractivity contribution in [2.75, 3.05) is 19.0 Å². The molecule has 1 aromatic carbocycles. The van der Waals surface area contributed by atoms with Crippen molar-refractivity contribution < 1.29 is 4.74 Å². The lowest BCUT2D eigenvalue weighted by Gasteiger charge is -2.05. The Bertz CT molecular complexity index is 445. The molecule has 96 valence electrons. The van der Waals surface area contributed by atoms with Crippen LogP contribution in [0.15, 0.2) is 47.9 Å². The molecule has 0 saturated heterocycles. The predicted molar refractivity (Wildman–Crippen MR) is 75.2 cm³/mol. The highest BCUT2D eigenvalue weighted by Crippen LogP contribution is 2.19. The molecule has 2 aromatic rings. The first-order chi connectivity index (χ1) is 8.84. The van der Waals surface area contributed by atoms with Gasteiger partial charge in [-0.1, -0.05) is 11.6 Å². The standard InChI is InChI=1S/C13H15ClN2OS/c14-12-1-3-13(4-2-12)18-10-9-17-8-7-16-6-5-15-11-16/h1-6,11H,7-10H2. The second kappa shape index (κ2) is 7.46. The van der Waals surface area contributed by atoms with Gasteiger partial charge in [0.05, 0.1) is 19.5 Å². The molecule has 0 unspecified atom stereocenters. The van der Waals surface area contributed by atoms with Gasteiger partial charge in [0.2, 0.25) is 0 Å². The van der Waals surface area contributed by atoms with Crippen molar-refractivity contribution in [2.24, 2.45) is 0 Å². The molecular formula is C13H15ClN2OS. The number of hydrogen-bond donors (Lipinski definition) is 0. The molecule has 1 heterocycles. The molecule has 0 aliphatic carbocycles. The second-order valence-corrected chi connectivity index (χ2v) is 5.32. The van der Waals surface area contributed by atoms with Crippen LogP contribution < -0.4 is 0 Å². The van der Waals surface area contributed by atoms with Gasteiger partial charge in [-0.15, -0.1) is 11.8 Å². The van der Waals surface area contributed by atoms with Crippen molar-refractivity contribution in [3.63, 3.8) is 0 Å². The van der Waals surface area contributed by atoms with Crippen molar-refractivity contribution in [2.45, 2.75) is 11.4 Å². The Morgan fingerprint density at radius 3 is 2.78 bits per heavy atom. The molecule has 3 nitrogen and oxygen atoms in total. The molecule has 0 radical (unpaired) electrons. The van der Waals surface area contributed by atoms with E-state index in [-0.39, 0.29) is 0 Å². The van der Waals surface area contributed by atoms with E-state index in [2.05, 4.69) is 4.98 Å². The van der Waals surface area contributed by atoms with Crippen molar-refractivity contribution in [3.05, 3.63) is 48.0 Å². The molecule has 0 bridgehead atoms. The molecular weight excluding hydrogens is 268 g/mol. The number of halogens is 1. The van der Waals surface area contributed by atoms with Crippen LogP contribution in [0.4, 0.5) is 0 Å². The van der Waals surface area contributed by atoms with Crippen LogP contribution in [0, 0.1) is 0 Å². The van der Waals surface area contributed by atoms with Gasteiger partial charge in [0.25, 0.3) is 0 Å². The van der Waals surface area contributed by atoms with Crippen LogP contribution >= 0.6 is 23.4 Å². The number of benzene rings is 1. The number of imidazole rings is 1.